The zero-order valence-electron chi connectivity index (χ0n) is 8.44. The number of nitrogens with zero attached hydrogens (tertiary/aromatic N) is 2. The number of rotatable bonds is 1. The topological polar surface area (TPSA) is 57.3 Å². The molecule has 5 heteroatoms. The molecule has 2 amide bonds. The molecule has 0 aromatic carbocycles. The quantitative estimate of drug-likeness (QED) is 0.704. The van der Waals surface area contributed by atoms with Gasteiger partial charge in [-0.1, -0.05) is 6.07 Å². The van der Waals surface area contributed by atoms with E-state index in [4.69, 9.17) is 0 Å². The molecule has 2 heterocycles. The molecule has 1 aromatic heterocycles. The molecule has 0 unspecified atom stereocenters. The van der Waals surface area contributed by atoms with Gasteiger partial charge < -0.3 is 10.2 Å². The Balaban J connectivity index is 1.91. The summed E-state index contributed by atoms with van der Waals surface area (Å²) >= 11 is 0. The molecule has 2 N–H and O–H groups in total. The van der Waals surface area contributed by atoms with Crippen LogP contribution in [-0.4, -0.2) is 42.1 Å². The third kappa shape index (κ3) is 2.66. The lowest BCUT2D eigenvalue weighted by atomic mass is 10.4. The molecule has 15 heavy (non-hydrogen) atoms. The van der Waals surface area contributed by atoms with Gasteiger partial charge in [-0.3, -0.25) is 5.32 Å². The van der Waals surface area contributed by atoms with Crippen molar-refractivity contribution in [3.05, 3.63) is 24.4 Å². The number of hydrogen-bond donors (Lipinski definition) is 2. The largest absolute Gasteiger partial charge is 0.323 e. The van der Waals surface area contributed by atoms with Gasteiger partial charge in [-0.15, -0.1) is 0 Å². The first-order chi connectivity index (χ1) is 7.36. The zero-order chi connectivity index (χ0) is 10.5. The Morgan fingerprint density at radius 3 is 2.87 bits per heavy atom. The highest BCUT2D eigenvalue weighted by Gasteiger charge is 2.15. The smallest absolute Gasteiger partial charge is 0.322 e. The van der Waals surface area contributed by atoms with Gasteiger partial charge in [0.05, 0.1) is 0 Å². The van der Waals surface area contributed by atoms with E-state index in [0.29, 0.717) is 5.82 Å². The minimum Gasteiger partial charge on any atom is -0.322 e. The normalized spacial score (nSPS) is 16.1. The lowest BCUT2D eigenvalue weighted by molar-refractivity contribution is 0.204. The second-order valence-electron chi connectivity index (χ2n) is 3.38. The number of nitrogens with one attached hydrogen (secondary N) is 2. The SMILES string of the molecule is O=C(Nc1ccccn1)N1CCNCC1. The summed E-state index contributed by atoms with van der Waals surface area (Å²) < 4.78 is 0. The molecule has 1 aliphatic rings. The van der Waals surface area contributed by atoms with Gasteiger partial charge in [0.25, 0.3) is 0 Å². The average molecular weight is 206 g/mol. The number of urea groups is 1. The van der Waals surface area contributed by atoms with Crippen molar-refractivity contribution >= 4 is 11.8 Å². The maximum Gasteiger partial charge on any atom is 0.323 e. The number of amides is 2. The molecule has 1 saturated heterocycles. The maximum atomic E-state index is 11.7. The van der Waals surface area contributed by atoms with E-state index in [1.807, 2.05) is 12.1 Å². The molecule has 0 aliphatic carbocycles. The summed E-state index contributed by atoms with van der Waals surface area (Å²) in [6.45, 7) is 3.21. The molecule has 2 rings (SSSR count). The lowest BCUT2D eigenvalue weighted by Gasteiger charge is -2.27. The van der Waals surface area contributed by atoms with Crippen molar-refractivity contribution in [1.29, 1.82) is 0 Å². The molecule has 0 saturated carbocycles. The van der Waals surface area contributed by atoms with Crippen LogP contribution in [0, 0.1) is 0 Å². The van der Waals surface area contributed by atoms with Crippen LogP contribution in [0.25, 0.3) is 0 Å². The Kier molecular flexibility index (Phi) is 3.14. The third-order valence-electron chi connectivity index (χ3n) is 2.30. The average Bonchev–Trinajstić information content (AvgIpc) is 2.31. The summed E-state index contributed by atoms with van der Waals surface area (Å²) in [5, 5.41) is 5.96. The number of carbonyl (C=O) groups excluding carboxylic acids is 1. The Hall–Kier alpha value is -1.62. The molecule has 1 aromatic rings. The highest BCUT2D eigenvalue weighted by Crippen LogP contribution is 2.02. The summed E-state index contributed by atoms with van der Waals surface area (Å²) in [6.07, 6.45) is 1.66. The van der Waals surface area contributed by atoms with Crippen LogP contribution in [0.15, 0.2) is 24.4 Å². The van der Waals surface area contributed by atoms with Gasteiger partial charge in [0, 0.05) is 32.4 Å². The van der Waals surface area contributed by atoms with Crippen molar-refractivity contribution in [1.82, 2.24) is 15.2 Å². The monoisotopic (exact) mass is 206 g/mol. The van der Waals surface area contributed by atoms with Crippen LogP contribution in [0.4, 0.5) is 10.6 Å². The maximum absolute atomic E-state index is 11.7. The van der Waals surface area contributed by atoms with E-state index in [-0.39, 0.29) is 6.03 Å². The molecule has 5 nitrogen and oxygen atoms in total. The molecule has 0 spiro atoms. The minimum absolute atomic E-state index is 0.0739. The summed E-state index contributed by atoms with van der Waals surface area (Å²) in [5.74, 6) is 0.598. The van der Waals surface area contributed by atoms with Crippen molar-refractivity contribution in [2.75, 3.05) is 31.5 Å². The number of carbonyl (C=O) groups is 1. The van der Waals surface area contributed by atoms with Crippen molar-refractivity contribution in [3.63, 3.8) is 0 Å². The number of hydrogen-bond acceptors (Lipinski definition) is 3. The molecule has 1 fully saturated rings. The first kappa shape index (κ1) is 9.92. The molecule has 0 radical (unpaired) electrons. The number of aromatic nitrogens is 1. The predicted octanol–water partition coefficient (Wildman–Crippen LogP) is 0.519. The van der Waals surface area contributed by atoms with E-state index < -0.39 is 0 Å². The van der Waals surface area contributed by atoms with Crippen LogP contribution < -0.4 is 10.6 Å². The molecule has 0 atom stereocenters. The van der Waals surface area contributed by atoms with Crippen molar-refractivity contribution in [2.45, 2.75) is 0 Å². The Morgan fingerprint density at radius 1 is 1.40 bits per heavy atom. The van der Waals surface area contributed by atoms with E-state index in [9.17, 15) is 4.79 Å². The third-order valence-corrected chi connectivity index (χ3v) is 2.30. The fraction of sp³-hybridized carbons (Fsp3) is 0.400. The van der Waals surface area contributed by atoms with E-state index in [1.54, 1.807) is 17.2 Å². The van der Waals surface area contributed by atoms with Crippen molar-refractivity contribution in [2.24, 2.45) is 0 Å². The summed E-state index contributed by atoms with van der Waals surface area (Å²) in [7, 11) is 0. The van der Waals surface area contributed by atoms with E-state index >= 15 is 0 Å². The van der Waals surface area contributed by atoms with Gasteiger partial charge in [-0.2, -0.15) is 0 Å². The Bertz CT molecular complexity index is 321. The van der Waals surface area contributed by atoms with Gasteiger partial charge in [0.15, 0.2) is 0 Å². The van der Waals surface area contributed by atoms with Gasteiger partial charge >= 0.3 is 6.03 Å². The van der Waals surface area contributed by atoms with Gasteiger partial charge in [-0.05, 0) is 12.1 Å². The van der Waals surface area contributed by atoms with Crippen LogP contribution in [0.5, 0.6) is 0 Å². The number of piperazine rings is 1. The van der Waals surface area contributed by atoms with Crippen LogP contribution in [-0.2, 0) is 0 Å². The fourth-order valence-corrected chi connectivity index (χ4v) is 1.49. The minimum atomic E-state index is -0.0739. The predicted molar refractivity (Wildman–Crippen MR) is 57.7 cm³/mol. The first-order valence-electron chi connectivity index (χ1n) is 5.04. The highest BCUT2D eigenvalue weighted by molar-refractivity contribution is 5.88. The van der Waals surface area contributed by atoms with Gasteiger partial charge in [0.2, 0.25) is 0 Å². The van der Waals surface area contributed by atoms with Crippen LogP contribution >= 0.6 is 0 Å². The molecular weight excluding hydrogens is 192 g/mol. The standard InChI is InChI=1S/C10H14N4O/c15-10(14-7-5-11-6-8-14)13-9-3-1-2-4-12-9/h1-4,11H,5-8H2,(H,12,13,15). The van der Waals surface area contributed by atoms with Crippen LogP contribution in [0.2, 0.25) is 0 Å². The molecule has 1 aliphatic heterocycles. The van der Waals surface area contributed by atoms with E-state index in [0.717, 1.165) is 26.2 Å². The summed E-state index contributed by atoms with van der Waals surface area (Å²) in [5.41, 5.74) is 0. The highest BCUT2D eigenvalue weighted by atomic mass is 16.2. The van der Waals surface area contributed by atoms with Gasteiger partial charge in [-0.25, -0.2) is 9.78 Å². The number of pyridine rings is 1. The Morgan fingerprint density at radius 2 is 2.20 bits per heavy atom. The summed E-state index contributed by atoms with van der Waals surface area (Å²) in [4.78, 5) is 17.5. The molecular formula is C10H14N4O. The zero-order valence-corrected chi connectivity index (χ0v) is 8.44. The first-order valence-corrected chi connectivity index (χ1v) is 5.04. The van der Waals surface area contributed by atoms with Crippen molar-refractivity contribution in [3.8, 4) is 0 Å². The summed E-state index contributed by atoms with van der Waals surface area (Å²) in [6, 6.07) is 5.37. The Labute approximate surface area is 88.5 Å². The van der Waals surface area contributed by atoms with Gasteiger partial charge in [0.1, 0.15) is 5.82 Å². The second kappa shape index (κ2) is 4.75. The lowest BCUT2D eigenvalue weighted by Crippen LogP contribution is -2.48. The second-order valence-corrected chi connectivity index (χ2v) is 3.38. The van der Waals surface area contributed by atoms with Crippen LogP contribution in [0.3, 0.4) is 0 Å². The molecule has 0 bridgehead atoms. The number of anilines is 1. The van der Waals surface area contributed by atoms with Crippen molar-refractivity contribution < 1.29 is 4.79 Å². The van der Waals surface area contributed by atoms with E-state index in [1.165, 1.54) is 0 Å². The molecule has 80 valence electrons. The van der Waals surface area contributed by atoms with E-state index in [2.05, 4.69) is 15.6 Å². The van der Waals surface area contributed by atoms with Crippen LogP contribution in [0.1, 0.15) is 0 Å². The fourth-order valence-electron chi connectivity index (χ4n) is 1.49.